The zero-order chi connectivity index (χ0) is 12.6. The fourth-order valence-electron chi connectivity index (χ4n) is 0.972. The van der Waals surface area contributed by atoms with Crippen molar-refractivity contribution in [3.63, 3.8) is 0 Å². The van der Waals surface area contributed by atoms with Crippen LogP contribution in [0, 0.1) is 0 Å². The molecule has 0 bridgehead atoms. The van der Waals surface area contributed by atoms with Crippen molar-refractivity contribution in [2.75, 3.05) is 18.1 Å². The Morgan fingerprint density at radius 3 is 2.69 bits per heavy atom. The van der Waals surface area contributed by atoms with Gasteiger partial charge in [0, 0.05) is 5.75 Å². The fraction of sp³-hybridized carbons (Fsp3) is 0.909. The van der Waals surface area contributed by atoms with Crippen molar-refractivity contribution >= 4 is 17.7 Å². The molecule has 2 atom stereocenters. The van der Waals surface area contributed by atoms with Crippen LogP contribution in [0.15, 0.2) is 0 Å². The number of esters is 1. The quantitative estimate of drug-likeness (QED) is 0.499. The highest BCUT2D eigenvalue weighted by molar-refractivity contribution is 7.99. The molecule has 0 aromatic rings. The zero-order valence-corrected chi connectivity index (χ0v) is 11.2. The molecule has 0 saturated carbocycles. The van der Waals surface area contributed by atoms with Crippen molar-refractivity contribution in [3.8, 4) is 0 Å². The van der Waals surface area contributed by atoms with Gasteiger partial charge in [0.15, 0.2) is 0 Å². The first-order valence-electron chi connectivity index (χ1n) is 5.65. The minimum Gasteiger partial charge on any atom is -0.465 e. The Hall–Kier alpha value is -0.260. The molecule has 0 spiro atoms. The van der Waals surface area contributed by atoms with Crippen LogP contribution in [0.3, 0.4) is 0 Å². The van der Waals surface area contributed by atoms with Crippen LogP contribution in [-0.4, -0.2) is 40.8 Å². The molecule has 0 heterocycles. The van der Waals surface area contributed by atoms with Gasteiger partial charge in [-0.3, -0.25) is 4.79 Å². The smallest absolute Gasteiger partial charge is 0.322 e. The van der Waals surface area contributed by atoms with Gasteiger partial charge in [0.1, 0.15) is 6.04 Å². The Balaban J connectivity index is 3.62. The van der Waals surface area contributed by atoms with E-state index in [0.717, 1.165) is 12.2 Å². The van der Waals surface area contributed by atoms with E-state index in [0.29, 0.717) is 18.8 Å². The summed E-state index contributed by atoms with van der Waals surface area (Å²) in [6.45, 7) is 5.89. The van der Waals surface area contributed by atoms with Crippen LogP contribution in [0.4, 0.5) is 0 Å². The molecule has 0 aliphatic heterocycles. The maximum atomic E-state index is 11.2. The van der Waals surface area contributed by atoms with E-state index in [1.807, 2.05) is 13.8 Å². The van der Waals surface area contributed by atoms with Gasteiger partial charge >= 0.3 is 5.97 Å². The summed E-state index contributed by atoms with van der Waals surface area (Å²) in [7, 11) is 0. The average Bonchev–Trinajstić information content (AvgIpc) is 2.24. The van der Waals surface area contributed by atoms with E-state index < -0.39 is 11.6 Å². The van der Waals surface area contributed by atoms with Crippen LogP contribution < -0.4 is 5.73 Å². The van der Waals surface area contributed by atoms with Crippen LogP contribution >= 0.6 is 11.8 Å². The average molecular weight is 249 g/mol. The third-order valence-electron chi connectivity index (χ3n) is 2.34. The third kappa shape index (κ3) is 7.09. The largest absolute Gasteiger partial charge is 0.465 e. The second kappa shape index (κ2) is 7.92. The summed E-state index contributed by atoms with van der Waals surface area (Å²) in [5.74, 6) is 1.08. The number of carbonyl (C=O) groups is 1. The van der Waals surface area contributed by atoms with Gasteiger partial charge in [-0.25, -0.2) is 0 Å². The van der Waals surface area contributed by atoms with E-state index in [2.05, 4.69) is 0 Å². The number of hydrogen-bond acceptors (Lipinski definition) is 5. The molecule has 16 heavy (non-hydrogen) atoms. The molecular weight excluding hydrogens is 226 g/mol. The van der Waals surface area contributed by atoms with Crippen molar-refractivity contribution in [2.24, 2.45) is 5.73 Å². The molecule has 0 rings (SSSR count). The Labute approximate surface area is 102 Å². The second-order valence-corrected chi connectivity index (χ2v) is 5.16. The summed E-state index contributed by atoms with van der Waals surface area (Å²) >= 11 is 1.61. The van der Waals surface area contributed by atoms with Gasteiger partial charge in [-0.15, -0.1) is 0 Å². The van der Waals surface area contributed by atoms with Crippen LogP contribution in [-0.2, 0) is 9.53 Å². The van der Waals surface area contributed by atoms with Gasteiger partial charge in [0.2, 0.25) is 0 Å². The van der Waals surface area contributed by atoms with Crippen molar-refractivity contribution in [1.29, 1.82) is 0 Å². The number of rotatable bonds is 8. The van der Waals surface area contributed by atoms with Gasteiger partial charge in [-0.1, -0.05) is 6.92 Å². The van der Waals surface area contributed by atoms with Crippen LogP contribution in [0.1, 0.15) is 33.6 Å². The fourth-order valence-corrected chi connectivity index (χ4v) is 2.18. The predicted molar refractivity (Wildman–Crippen MR) is 67.5 cm³/mol. The second-order valence-electron chi connectivity index (χ2n) is 4.05. The number of carbonyl (C=O) groups excluding carboxylic acids is 1. The van der Waals surface area contributed by atoms with E-state index >= 15 is 0 Å². The van der Waals surface area contributed by atoms with Crippen molar-refractivity contribution in [1.82, 2.24) is 0 Å². The SMILES string of the molecule is CCOC(=O)C(N)CCSCC(C)(O)CC. The summed E-state index contributed by atoms with van der Waals surface area (Å²) in [5, 5.41) is 9.74. The molecule has 3 N–H and O–H groups in total. The summed E-state index contributed by atoms with van der Waals surface area (Å²) in [5.41, 5.74) is 5.01. The van der Waals surface area contributed by atoms with Crippen LogP contribution in [0.25, 0.3) is 0 Å². The van der Waals surface area contributed by atoms with E-state index in [-0.39, 0.29) is 5.97 Å². The minimum atomic E-state index is -0.626. The number of nitrogens with two attached hydrogens (primary N) is 1. The molecule has 0 aliphatic carbocycles. The number of hydrogen-bond donors (Lipinski definition) is 2. The summed E-state index contributed by atoms with van der Waals surface area (Å²) in [6.07, 6.45) is 1.31. The Kier molecular flexibility index (Phi) is 7.80. The van der Waals surface area contributed by atoms with Gasteiger partial charge in [0.05, 0.1) is 12.2 Å². The van der Waals surface area contributed by atoms with Gasteiger partial charge in [0.25, 0.3) is 0 Å². The molecule has 5 heteroatoms. The van der Waals surface area contributed by atoms with E-state index in [4.69, 9.17) is 10.5 Å². The molecular formula is C11H23NO3S. The van der Waals surface area contributed by atoms with E-state index in [1.165, 1.54) is 0 Å². The summed E-state index contributed by atoms with van der Waals surface area (Å²) < 4.78 is 4.80. The number of thioether (sulfide) groups is 1. The van der Waals surface area contributed by atoms with Crippen molar-refractivity contribution < 1.29 is 14.6 Å². The van der Waals surface area contributed by atoms with Crippen molar-refractivity contribution in [3.05, 3.63) is 0 Å². The van der Waals surface area contributed by atoms with Crippen LogP contribution in [0.5, 0.6) is 0 Å². The molecule has 2 unspecified atom stereocenters. The minimum absolute atomic E-state index is 0.342. The highest BCUT2D eigenvalue weighted by atomic mass is 32.2. The molecule has 0 saturated heterocycles. The normalized spacial score (nSPS) is 16.6. The van der Waals surface area contributed by atoms with Gasteiger partial charge in [-0.05, 0) is 32.4 Å². The first-order valence-corrected chi connectivity index (χ1v) is 6.80. The maximum Gasteiger partial charge on any atom is 0.322 e. The summed E-state index contributed by atoms with van der Waals surface area (Å²) in [6, 6.07) is -0.543. The Morgan fingerprint density at radius 1 is 1.56 bits per heavy atom. The molecule has 0 aromatic carbocycles. The standard InChI is InChI=1S/C11H23NO3S/c1-4-11(3,14)8-16-7-6-9(12)10(13)15-5-2/h9,14H,4-8,12H2,1-3H3. The first kappa shape index (κ1) is 15.7. The zero-order valence-electron chi connectivity index (χ0n) is 10.4. The van der Waals surface area contributed by atoms with Crippen molar-refractivity contribution in [2.45, 2.75) is 45.3 Å². The first-order chi connectivity index (χ1) is 7.43. The highest BCUT2D eigenvalue weighted by Crippen LogP contribution is 2.17. The van der Waals surface area contributed by atoms with Gasteiger partial charge in [-0.2, -0.15) is 11.8 Å². The maximum absolute atomic E-state index is 11.2. The van der Waals surface area contributed by atoms with E-state index in [9.17, 15) is 9.90 Å². The lowest BCUT2D eigenvalue weighted by Gasteiger charge is -2.20. The lowest BCUT2D eigenvalue weighted by Crippen LogP contribution is -2.33. The molecule has 0 amide bonds. The lowest BCUT2D eigenvalue weighted by atomic mass is 10.1. The molecule has 0 fully saturated rings. The lowest BCUT2D eigenvalue weighted by molar-refractivity contribution is -0.144. The molecule has 96 valence electrons. The molecule has 4 nitrogen and oxygen atoms in total. The van der Waals surface area contributed by atoms with Gasteiger partial charge < -0.3 is 15.6 Å². The monoisotopic (exact) mass is 249 g/mol. The number of ether oxygens (including phenoxy) is 1. The Morgan fingerprint density at radius 2 is 2.19 bits per heavy atom. The number of aliphatic hydroxyl groups is 1. The topological polar surface area (TPSA) is 72.5 Å². The van der Waals surface area contributed by atoms with E-state index in [1.54, 1.807) is 18.7 Å². The predicted octanol–water partition coefficient (Wildman–Crippen LogP) is 1.16. The van der Waals surface area contributed by atoms with Crippen LogP contribution in [0.2, 0.25) is 0 Å². The Bertz CT molecular complexity index is 209. The highest BCUT2D eigenvalue weighted by Gasteiger charge is 2.18. The third-order valence-corrected chi connectivity index (χ3v) is 3.69. The summed E-state index contributed by atoms with van der Waals surface area (Å²) in [4.78, 5) is 11.2. The molecule has 0 radical (unpaired) electrons. The molecule has 0 aliphatic rings. The molecule has 0 aromatic heterocycles.